The first-order chi connectivity index (χ1) is 13.0. The molecule has 0 fully saturated rings. The van der Waals surface area contributed by atoms with Crippen LogP contribution in [0.4, 0.5) is 5.82 Å². The average Bonchev–Trinajstić information content (AvgIpc) is 3.09. The molecule has 8 heteroatoms. The van der Waals surface area contributed by atoms with Crippen LogP contribution in [-0.4, -0.2) is 25.9 Å². The van der Waals surface area contributed by atoms with Crippen LogP contribution in [0.3, 0.4) is 0 Å². The number of hydrogen-bond acceptors (Lipinski definition) is 6. The summed E-state index contributed by atoms with van der Waals surface area (Å²) in [5, 5.41) is 19.7. The Morgan fingerprint density at radius 2 is 2.15 bits per heavy atom. The number of nitrogens with zero attached hydrogens (tertiary/aromatic N) is 5. The number of carbonyl (C=O) groups is 1. The first kappa shape index (κ1) is 18.1. The van der Waals surface area contributed by atoms with Crippen LogP contribution < -0.4 is 11.1 Å². The fourth-order valence-electron chi connectivity index (χ4n) is 2.82. The average molecular weight is 361 g/mol. The number of nitrogens with one attached hydrogen (secondary N) is 1. The van der Waals surface area contributed by atoms with E-state index in [0.29, 0.717) is 24.5 Å². The van der Waals surface area contributed by atoms with E-state index in [1.165, 1.54) is 0 Å². The van der Waals surface area contributed by atoms with E-state index in [0.717, 1.165) is 22.4 Å². The highest BCUT2D eigenvalue weighted by Crippen LogP contribution is 2.14. The molecular formula is C19H19N7O. The van der Waals surface area contributed by atoms with Crippen molar-refractivity contribution in [2.45, 2.75) is 26.9 Å². The van der Waals surface area contributed by atoms with Crippen LogP contribution >= 0.6 is 0 Å². The summed E-state index contributed by atoms with van der Waals surface area (Å²) in [7, 11) is 0. The zero-order chi connectivity index (χ0) is 19.4. The predicted molar refractivity (Wildman–Crippen MR) is 99.6 cm³/mol. The summed E-state index contributed by atoms with van der Waals surface area (Å²) in [6.45, 7) is 4.55. The molecule has 2 heterocycles. The Labute approximate surface area is 156 Å². The summed E-state index contributed by atoms with van der Waals surface area (Å²) in [4.78, 5) is 16.6. The van der Waals surface area contributed by atoms with E-state index in [4.69, 9.17) is 11.0 Å². The Hall–Kier alpha value is -3.73. The van der Waals surface area contributed by atoms with Crippen LogP contribution in [-0.2, 0) is 13.1 Å². The van der Waals surface area contributed by atoms with Gasteiger partial charge in [-0.05, 0) is 48.7 Å². The summed E-state index contributed by atoms with van der Waals surface area (Å²) in [6.07, 6.45) is 1.58. The minimum Gasteiger partial charge on any atom is -0.384 e. The second-order valence-electron chi connectivity index (χ2n) is 6.22. The lowest BCUT2D eigenvalue weighted by molar-refractivity contribution is 0.0945. The highest BCUT2D eigenvalue weighted by atomic mass is 16.2. The van der Waals surface area contributed by atoms with E-state index in [2.05, 4.69) is 26.7 Å². The SMILES string of the molecule is Cc1cc(N)nc(C)c1CNC(=O)c1cn(Cc2cccc(C#N)c2)nn1. The molecule has 0 bridgehead atoms. The molecule has 0 radical (unpaired) electrons. The number of nitriles is 1. The first-order valence-corrected chi connectivity index (χ1v) is 8.36. The Morgan fingerprint density at radius 3 is 2.89 bits per heavy atom. The summed E-state index contributed by atoms with van der Waals surface area (Å²) in [5.41, 5.74) is 10.1. The Bertz CT molecular complexity index is 1010. The lowest BCUT2D eigenvalue weighted by Crippen LogP contribution is -2.24. The van der Waals surface area contributed by atoms with Crippen molar-refractivity contribution >= 4 is 11.7 Å². The molecule has 0 saturated heterocycles. The molecule has 8 nitrogen and oxygen atoms in total. The maximum absolute atomic E-state index is 12.4. The Morgan fingerprint density at radius 1 is 1.33 bits per heavy atom. The van der Waals surface area contributed by atoms with E-state index in [9.17, 15) is 4.79 Å². The van der Waals surface area contributed by atoms with Crippen molar-refractivity contribution in [3.05, 3.63) is 70.2 Å². The van der Waals surface area contributed by atoms with E-state index >= 15 is 0 Å². The molecule has 3 rings (SSSR count). The molecule has 3 aromatic rings. The number of pyridine rings is 1. The molecule has 0 aliphatic rings. The molecule has 0 atom stereocenters. The zero-order valence-corrected chi connectivity index (χ0v) is 15.1. The number of hydrogen-bond donors (Lipinski definition) is 2. The van der Waals surface area contributed by atoms with Gasteiger partial charge in [-0.3, -0.25) is 4.79 Å². The zero-order valence-electron chi connectivity index (χ0n) is 15.1. The topological polar surface area (TPSA) is 123 Å². The van der Waals surface area contributed by atoms with Crippen molar-refractivity contribution in [1.29, 1.82) is 5.26 Å². The van der Waals surface area contributed by atoms with Gasteiger partial charge in [0.15, 0.2) is 5.69 Å². The van der Waals surface area contributed by atoms with Crippen molar-refractivity contribution in [3.63, 3.8) is 0 Å². The molecule has 0 spiro atoms. The van der Waals surface area contributed by atoms with Gasteiger partial charge < -0.3 is 11.1 Å². The molecule has 136 valence electrons. The number of rotatable bonds is 5. The number of aromatic nitrogens is 4. The fraction of sp³-hybridized carbons (Fsp3) is 0.211. The van der Waals surface area contributed by atoms with Gasteiger partial charge in [-0.2, -0.15) is 5.26 Å². The van der Waals surface area contributed by atoms with E-state index < -0.39 is 0 Å². The summed E-state index contributed by atoms with van der Waals surface area (Å²) in [6, 6.07) is 11.1. The largest absolute Gasteiger partial charge is 0.384 e. The summed E-state index contributed by atoms with van der Waals surface area (Å²) >= 11 is 0. The van der Waals surface area contributed by atoms with Crippen molar-refractivity contribution in [2.75, 3.05) is 5.73 Å². The van der Waals surface area contributed by atoms with Crippen LogP contribution in [0.5, 0.6) is 0 Å². The van der Waals surface area contributed by atoms with E-state index in [1.54, 1.807) is 29.1 Å². The van der Waals surface area contributed by atoms with Gasteiger partial charge in [0.25, 0.3) is 5.91 Å². The second-order valence-corrected chi connectivity index (χ2v) is 6.22. The summed E-state index contributed by atoms with van der Waals surface area (Å²) in [5.74, 6) is 0.145. The van der Waals surface area contributed by atoms with Gasteiger partial charge in [0.2, 0.25) is 0 Å². The van der Waals surface area contributed by atoms with Crippen molar-refractivity contribution in [3.8, 4) is 6.07 Å². The van der Waals surface area contributed by atoms with Gasteiger partial charge in [-0.15, -0.1) is 5.10 Å². The van der Waals surface area contributed by atoms with Gasteiger partial charge in [0.05, 0.1) is 24.4 Å². The van der Waals surface area contributed by atoms with Gasteiger partial charge in [0, 0.05) is 12.2 Å². The molecule has 0 aliphatic heterocycles. The maximum Gasteiger partial charge on any atom is 0.273 e. The number of nitrogen functional groups attached to an aromatic ring is 1. The number of anilines is 1. The van der Waals surface area contributed by atoms with E-state index in [-0.39, 0.29) is 11.6 Å². The molecule has 27 heavy (non-hydrogen) atoms. The molecule has 0 aliphatic carbocycles. The standard InChI is InChI=1S/C19H19N7O/c1-12-6-18(21)23-13(2)16(12)9-22-19(27)17-11-26(25-24-17)10-15-5-3-4-14(7-15)8-20/h3-7,11H,9-10H2,1-2H3,(H2,21,23)(H,22,27). The smallest absolute Gasteiger partial charge is 0.273 e. The van der Waals surface area contributed by atoms with E-state index in [1.807, 2.05) is 26.0 Å². The number of benzene rings is 1. The number of aryl methyl sites for hydroxylation is 2. The third-order valence-corrected chi connectivity index (χ3v) is 4.17. The number of amides is 1. The van der Waals surface area contributed by atoms with Gasteiger partial charge >= 0.3 is 0 Å². The third kappa shape index (κ3) is 4.27. The maximum atomic E-state index is 12.4. The lowest BCUT2D eigenvalue weighted by Gasteiger charge is -2.10. The monoisotopic (exact) mass is 361 g/mol. The number of carbonyl (C=O) groups excluding carboxylic acids is 1. The normalized spacial score (nSPS) is 10.4. The van der Waals surface area contributed by atoms with Crippen LogP contribution in [0.25, 0.3) is 0 Å². The Kier molecular flexibility index (Phi) is 5.13. The van der Waals surface area contributed by atoms with Gasteiger partial charge in [0.1, 0.15) is 5.82 Å². The molecule has 0 unspecified atom stereocenters. The minimum absolute atomic E-state index is 0.227. The lowest BCUT2D eigenvalue weighted by atomic mass is 10.1. The molecule has 1 amide bonds. The highest BCUT2D eigenvalue weighted by Gasteiger charge is 2.13. The Balaban J connectivity index is 1.66. The molecule has 2 aromatic heterocycles. The van der Waals surface area contributed by atoms with Crippen molar-refractivity contribution in [2.24, 2.45) is 0 Å². The van der Waals surface area contributed by atoms with Gasteiger partial charge in [-0.1, -0.05) is 17.3 Å². The fourth-order valence-corrected chi connectivity index (χ4v) is 2.82. The van der Waals surface area contributed by atoms with Crippen molar-refractivity contribution < 1.29 is 4.79 Å². The van der Waals surface area contributed by atoms with Crippen molar-refractivity contribution in [1.82, 2.24) is 25.3 Å². The molecule has 0 saturated carbocycles. The molecule has 3 N–H and O–H groups in total. The molecule has 1 aromatic carbocycles. The second kappa shape index (κ2) is 7.66. The quantitative estimate of drug-likeness (QED) is 0.713. The summed E-state index contributed by atoms with van der Waals surface area (Å²) < 4.78 is 1.56. The number of nitrogens with two attached hydrogens (primary N) is 1. The van der Waals surface area contributed by atoms with Crippen LogP contribution in [0, 0.1) is 25.2 Å². The first-order valence-electron chi connectivity index (χ1n) is 8.36. The highest BCUT2D eigenvalue weighted by molar-refractivity contribution is 5.91. The third-order valence-electron chi connectivity index (χ3n) is 4.17. The minimum atomic E-state index is -0.317. The molecular weight excluding hydrogens is 342 g/mol. The van der Waals surface area contributed by atoms with Crippen LogP contribution in [0.1, 0.15) is 38.4 Å². The van der Waals surface area contributed by atoms with Gasteiger partial charge in [-0.25, -0.2) is 9.67 Å². The predicted octanol–water partition coefficient (Wildman–Crippen LogP) is 1.72. The van der Waals surface area contributed by atoms with Crippen LogP contribution in [0.2, 0.25) is 0 Å². The van der Waals surface area contributed by atoms with Crippen LogP contribution in [0.15, 0.2) is 36.5 Å².